The maximum Gasteiger partial charge on any atom is 0.169 e. The molecule has 1 aromatic heterocycles. The first-order valence-corrected chi connectivity index (χ1v) is 9.64. The molecule has 0 saturated carbocycles. The van der Waals surface area contributed by atoms with Gasteiger partial charge in [0, 0.05) is 0 Å². The molecule has 5 rings (SSSR count). The average Bonchev–Trinajstić information content (AvgIpc) is 3.20. The van der Waals surface area contributed by atoms with Crippen LogP contribution in [0.25, 0.3) is 22.5 Å². The van der Waals surface area contributed by atoms with Gasteiger partial charge in [-0.3, -0.25) is 5.01 Å². The summed E-state index contributed by atoms with van der Waals surface area (Å²) < 4.78 is 27.6. The number of benzene rings is 3. The summed E-state index contributed by atoms with van der Waals surface area (Å²) in [6.45, 7) is 1.14. The Morgan fingerprint density at radius 3 is 2.43 bits per heavy atom. The number of aromatic amines is 1. The van der Waals surface area contributed by atoms with Crippen LogP contribution < -0.4 is 0 Å². The lowest BCUT2D eigenvalue weighted by molar-refractivity contribution is 0.265. The lowest BCUT2D eigenvalue weighted by atomic mass is 10.0. The number of aromatic nitrogens is 2. The Hall–Kier alpha value is -3.80. The number of fused-ring (bicyclic) bond motifs is 1. The Kier molecular flexibility index (Phi) is 4.59. The van der Waals surface area contributed by atoms with Gasteiger partial charge in [0.1, 0.15) is 11.5 Å². The highest BCUT2D eigenvalue weighted by atomic mass is 19.2. The Labute approximate surface area is 172 Å². The van der Waals surface area contributed by atoms with Crippen LogP contribution in [0, 0.1) is 11.6 Å². The van der Waals surface area contributed by atoms with Crippen molar-refractivity contribution < 1.29 is 8.78 Å². The first-order valence-electron chi connectivity index (χ1n) is 9.64. The molecule has 30 heavy (non-hydrogen) atoms. The van der Waals surface area contributed by atoms with Crippen LogP contribution >= 0.6 is 0 Å². The van der Waals surface area contributed by atoms with Crippen LogP contribution in [-0.4, -0.2) is 21.2 Å². The molecule has 0 saturated heterocycles. The first kappa shape index (κ1) is 18.2. The molecule has 0 atom stereocenters. The minimum Gasteiger partial charge on any atom is -0.340 e. The molecule has 1 aliphatic heterocycles. The highest BCUT2D eigenvalue weighted by Gasteiger charge is 2.20. The number of imidazole rings is 1. The van der Waals surface area contributed by atoms with Gasteiger partial charge in [-0.1, -0.05) is 60.7 Å². The van der Waals surface area contributed by atoms with Crippen LogP contribution in [-0.2, 0) is 13.1 Å². The van der Waals surface area contributed by atoms with E-state index in [4.69, 9.17) is 0 Å². The summed E-state index contributed by atoms with van der Waals surface area (Å²) in [7, 11) is 0. The number of hydrazone groups is 1. The second-order valence-electron chi connectivity index (χ2n) is 7.18. The summed E-state index contributed by atoms with van der Waals surface area (Å²) >= 11 is 0. The molecule has 1 aliphatic rings. The molecule has 0 unspecified atom stereocenters. The molecule has 0 bridgehead atoms. The molecule has 4 nitrogen and oxygen atoms in total. The zero-order valence-electron chi connectivity index (χ0n) is 16.0. The quantitative estimate of drug-likeness (QED) is 0.500. The molecular formula is C24H18F2N4. The van der Waals surface area contributed by atoms with E-state index >= 15 is 0 Å². The number of nitrogens with one attached hydrogen (secondary N) is 1. The Morgan fingerprint density at radius 1 is 0.867 bits per heavy atom. The Balaban J connectivity index is 1.32. The number of H-pyrrole nitrogens is 1. The van der Waals surface area contributed by atoms with E-state index < -0.39 is 11.6 Å². The smallest absolute Gasteiger partial charge is 0.169 e. The molecule has 3 aromatic carbocycles. The van der Waals surface area contributed by atoms with E-state index in [0.29, 0.717) is 24.6 Å². The molecule has 0 amide bonds. The van der Waals surface area contributed by atoms with Crippen LogP contribution in [0.5, 0.6) is 0 Å². The predicted octanol–water partition coefficient (Wildman–Crippen LogP) is 5.37. The van der Waals surface area contributed by atoms with Crippen LogP contribution in [0.1, 0.15) is 17.0 Å². The monoisotopic (exact) mass is 400 g/mol. The number of nitrogens with zero attached hydrogens (tertiary/aromatic N) is 3. The molecule has 6 heteroatoms. The van der Waals surface area contributed by atoms with Gasteiger partial charge in [0.2, 0.25) is 0 Å². The molecule has 0 fully saturated rings. The summed E-state index contributed by atoms with van der Waals surface area (Å²) in [4.78, 5) is 7.49. The number of halogens is 2. The number of hydrogen-bond donors (Lipinski definition) is 1. The predicted molar refractivity (Wildman–Crippen MR) is 113 cm³/mol. The lowest BCUT2D eigenvalue weighted by Gasteiger charge is -2.21. The minimum absolute atomic E-state index is 0.112. The molecule has 0 spiro atoms. The lowest BCUT2D eigenvalue weighted by Crippen LogP contribution is -2.21. The first-order chi connectivity index (χ1) is 14.7. The second-order valence-corrected chi connectivity index (χ2v) is 7.18. The van der Waals surface area contributed by atoms with Gasteiger partial charge in [-0.25, -0.2) is 13.8 Å². The summed E-state index contributed by atoms with van der Waals surface area (Å²) in [6.07, 6.45) is 1.65. The van der Waals surface area contributed by atoms with Crippen molar-refractivity contribution in [3.8, 4) is 22.5 Å². The fourth-order valence-electron chi connectivity index (χ4n) is 3.56. The third kappa shape index (κ3) is 3.48. The fourth-order valence-corrected chi connectivity index (χ4v) is 3.56. The molecule has 4 aromatic rings. The maximum absolute atomic E-state index is 14.1. The molecule has 148 valence electrons. The largest absolute Gasteiger partial charge is 0.340 e. The highest BCUT2D eigenvalue weighted by molar-refractivity contribution is 5.80. The van der Waals surface area contributed by atoms with Crippen molar-refractivity contribution in [3.63, 3.8) is 0 Å². The molecule has 2 heterocycles. The van der Waals surface area contributed by atoms with Crippen molar-refractivity contribution in [2.24, 2.45) is 5.10 Å². The van der Waals surface area contributed by atoms with Gasteiger partial charge < -0.3 is 4.98 Å². The number of rotatable bonds is 4. The van der Waals surface area contributed by atoms with Crippen molar-refractivity contribution >= 4 is 6.21 Å². The van der Waals surface area contributed by atoms with Gasteiger partial charge in [-0.2, -0.15) is 5.10 Å². The van der Waals surface area contributed by atoms with Gasteiger partial charge in [0.15, 0.2) is 11.6 Å². The molecule has 1 N–H and O–H groups in total. The summed E-state index contributed by atoms with van der Waals surface area (Å²) in [6, 6.07) is 22.7. The Bertz CT molecular complexity index is 1210. The van der Waals surface area contributed by atoms with E-state index in [1.165, 1.54) is 23.3 Å². The summed E-state index contributed by atoms with van der Waals surface area (Å²) in [5.41, 5.74) is 5.05. The van der Waals surface area contributed by atoms with Crippen molar-refractivity contribution in [1.29, 1.82) is 0 Å². The van der Waals surface area contributed by atoms with E-state index in [1.54, 1.807) is 6.21 Å². The third-order valence-electron chi connectivity index (χ3n) is 5.13. The van der Waals surface area contributed by atoms with E-state index in [9.17, 15) is 8.78 Å². The molecular weight excluding hydrogens is 382 g/mol. The van der Waals surface area contributed by atoms with Gasteiger partial charge in [0.25, 0.3) is 0 Å². The van der Waals surface area contributed by atoms with Crippen LogP contribution in [0.15, 0.2) is 77.9 Å². The molecule has 0 aliphatic carbocycles. The fraction of sp³-hybridized carbons (Fsp3) is 0.0833. The summed E-state index contributed by atoms with van der Waals surface area (Å²) in [5.74, 6) is -1.50. The van der Waals surface area contributed by atoms with Gasteiger partial charge in [-0.05, 0) is 28.8 Å². The van der Waals surface area contributed by atoms with Gasteiger partial charge in [0.05, 0.1) is 30.6 Å². The average molecular weight is 400 g/mol. The van der Waals surface area contributed by atoms with Crippen LogP contribution in [0.3, 0.4) is 0 Å². The zero-order valence-corrected chi connectivity index (χ0v) is 16.0. The van der Waals surface area contributed by atoms with E-state index in [0.717, 1.165) is 17.3 Å². The second kappa shape index (κ2) is 7.55. The van der Waals surface area contributed by atoms with Crippen LogP contribution in [0.2, 0.25) is 0 Å². The number of hydrogen-bond acceptors (Lipinski definition) is 3. The van der Waals surface area contributed by atoms with Crippen molar-refractivity contribution in [1.82, 2.24) is 15.0 Å². The third-order valence-corrected chi connectivity index (χ3v) is 5.13. The normalized spacial score (nSPS) is 12.8. The van der Waals surface area contributed by atoms with E-state index in [-0.39, 0.29) is 5.56 Å². The van der Waals surface area contributed by atoms with E-state index in [2.05, 4.69) is 51.5 Å². The van der Waals surface area contributed by atoms with Gasteiger partial charge >= 0.3 is 0 Å². The standard InChI is InChI=1S/C24H18F2N4/c25-20-8-4-7-19(23(20)26)24-28-21-13-27-30(15-22(21)29-24)14-16-9-11-18(12-10-16)17-5-2-1-3-6-17/h1-13H,14-15H2,(H,28,29). The maximum atomic E-state index is 14.1. The van der Waals surface area contributed by atoms with E-state index in [1.807, 2.05) is 23.2 Å². The topological polar surface area (TPSA) is 44.3 Å². The van der Waals surface area contributed by atoms with Crippen LogP contribution in [0.4, 0.5) is 8.78 Å². The zero-order chi connectivity index (χ0) is 20.5. The molecule has 0 radical (unpaired) electrons. The Morgan fingerprint density at radius 2 is 1.63 bits per heavy atom. The minimum atomic E-state index is -0.907. The summed E-state index contributed by atoms with van der Waals surface area (Å²) in [5, 5.41) is 6.36. The van der Waals surface area contributed by atoms with Gasteiger partial charge in [-0.15, -0.1) is 0 Å². The SMILES string of the molecule is Fc1cccc(-c2nc3c([nH]2)CN(Cc2ccc(-c4ccccc4)cc2)N=C3)c1F. The van der Waals surface area contributed by atoms with Crippen molar-refractivity contribution in [3.05, 3.63) is 101 Å². The van der Waals surface area contributed by atoms with Crippen molar-refractivity contribution in [2.75, 3.05) is 0 Å². The van der Waals surface area contributed by atoms with Crippen molar-refractivity contribution in [2.45, 2.75) is 13.1 Å². The highest BCUT2D eigenvalue weighted by Crippen LogP contribution is 2.25.